The van der Waals surface area contributed by atoms with E-state index in [1.54, 1.807) is 12.1 Å². The third-order valence-corrected chi connectivity index (χ3v) is 4.93. The highest BCUT2D eigenvalue weighted by Crippen LogP contribution is 2.29. The van der Waals surface area contributed by atoms with Crippen molar-refractivity contribution in [1.82, 2.24) is 4.90 Å². The molecule has 1 unspecified atom stereocenters. The molecule has 1 amide bonds. The van der Waals surface area contributed by atoms with Crippen LogP contribution in [0.2, 0.25) is 0 Å². The molecule has 2 rings (SSSR count). The van der Waals surface area contributed by atoms with Gasteiger partial charge in [0.25, 0.3) is 5.91 Å². The van der Waals surface area contributed by atoms with E-state index < -0.39 is 6.04 Å². The summed E-state index contributed by atoms with van der Waals surface area (Å²) in [4.78, 5) is 25.4. The standard InChI is InChI=1S/C13H13Br2NO3/c1-7-9(14)5-8(6-10(7)15)12(17)16-4-3-11(16)13(18)19-2/h5-6,11H,3-4H2,1-2H3. The molecular formula is C13H13Br2NO3. The Bertz CT molecular complexity index is 522. The number of amides is 1. The summed E-state index contributed by atoms with van der Waals surface area (Å²) in [5.41, 5.74) is 1.59. The second kappa shape index (κ2) is 5.63. The summed E-state index contributed by atoms with van der Waals surface area (Å²) in [6.07, 6.45) is 0.659. The molecule has 4 nitrogen and oxygen atoms in total. The molecule has 0 radical (unpaired) electrons. The minimum Gasteiger partial charge on any atom is -0.467 e. The first-order valence-electron chi connectivity index (χ1n) is 5.80. The lowest BCUT2D eigenvalue weighted by Gasteiger charge is -2.38. The van der Waals surface area contributed by atoms with Crippen molar-refractivity contribution in [3.05, 3.63) is 32.2 Å². The van der Waals surface area contributed by atoms with E-state index in [0.717, 1.165) is 14.5 Å². The fourth-order valence-electron chi connectivity index (χ4n) is 1.95. The van der Waals surface area contributed by atoms with Gasteiger partial charge in [0.15, 0.2) is 0 Å². The second-order valence-corrected chi connectivity index (χ2v) is 6.10. The number of carbonyl (C=O) groups excluding carboxylic acids is 2. The molecule has 0 saturated carbocycles. The van der Waals surface area contributed by atoms with Crippen LogP contribution in [-0.4, -0.2) is 36.5 Å². The van der Waals surface area contributed by atoms with E-state index in [9.17, 15) is 9.59 Å². The van der Waals surface area contributed by atoms with Gasteiger partial charge < -0.3 is 9.64 Å². The molecule has 0 spiro atoms. The van der Waals surface area contributed by atoms with Crippen LogP contribution < -0.4 is 0 Å². The third kappa shape index (κ3) is 2.69. The molecule has 19 heavy (non-hydrogen) atoms. The SMILES string of the molecule is COC(=O)C1CCN1C(=O)c1cc(Br)c(C)c(Br)c1. The predicted molar refractivity (Wildman–Crippen MR) is 78.0 cm³/mol. The van der Waals surface area contributed by atoms with E-state index >= 15 is 0 Å². The number of methoxy groups -OCH3 is 1. The number of benzene rings is 1. The van der Waals surface area contributed by atoms with Gasteiger partial charge in [0.1, 0.15) is 6.04 Å². The summed E-state index contributed by atoms with van der Waals surface area (Å²) in [5.74, 6) is -0.507. The smallest absolute Gasteiger partial charge is 0.328 e. The average Bonchev–Trinajstić information content (AvgIpc) is 2.33. The Morgan fingerprint density at radius 2 is 1.89 bits per heavy atom. The van der Waals surface area contributed by atoms with Gasteiger partial charge in [-0.25, -0.2) is 4.79 Å². The maximum Gasteiger partial charge on any atom is 0.328 e. The van der Waals surface area contributed by atoms with E-state index in [4.69, 9.17) is 0 Å². The molecule has 1 atom stereocenters. The minimum atomic E-state index is -0.448. The number of ether oxygens (including phenoxy) is 1. The number of likely N-dealkylation sites (tertiary alicyclic amines) is 1. The molecule has 102 valence electrons. The van der Waals surface area contributed by atoms with Crippen LogP contribution in [0, 0.1) is 6.92 Å². The number of hydrogen-bond acceptors (Lipinski definition) is 3. The summed E-state index contributed by atoms with van der Waals surface area (Å²) in [7, 11) is 1.34. The Balaban J connectivity index is 2.23. The van der Waals surface area contributed by atoms with Crippen molar-refractivity contribution in [3.63, 3.8) is 0 Å². The van der Waals surface area contributed by atoms with Crippen molar-refractivity contribution >= 4 is 43.7 Å². The van der Waals surface area contributed by atoms with Crippen molar-refractivity contribution in [2.45, 2.75) is 19.4 Å². The van der Waals surface area contributed by atoms with Crippen molar-refractivity contribution in [1.29, 1.82) is 0 Å². The van der Waals surface area contributed by atoms with Gasteiger partial charge in [0.2, 0.25) is 0 Å². The van der Waals surface area contributed by atoms with Crippen LogP contribution in [0.4, 0.5) is 0 Å². The molecule has 1 aliphatic heterocycles. The Hall–Kier alpha value is -0.880. The first-order chi connectivity index (χ1) is 8.95. The first kappa shape index (κ1) is 14.5. The fraction of sp³-hybridized carbons (Fsp3) is 0.385. The summed E-state index contributed by atoms with van der Waals surface area (Å²) in [5, 5.41) is 0. The van der Waals surface area contributed by atoms with E-state index in [1.165, 1.54) is 12.0 Å². The lowest BCUT2D eigenvalue weighted by Crippen LogP contribution is -2.55. The van der Waals surface area contributed by atoms with E-state index in [-0.39, 0.29) is 11.9 Å². The maximum absolute atomic E-state index is 12.3. The summed E-state index contributed by atoms with van der Waals surface area (Å²) in [6, 6.07) is 3.10. The minimum absolute atomic E-state index is 0.150. The molecule has 1 fully saturated rings. The highest BCUT2D eigenvalue weighted by molar-refractivity contribution is 9.11. The highest BCUT2D eigenvalue weighted by atomic mass is 79.9. The average molecular weight is 391 g/mol. The third-order valence-electron chi connectivity index (χ3n) is 3.28. The molecular weight excluding hydrogens is 378 g/mol. The molecule has 0 bridgehead atoms. The van der Waals surface area contributed by atoms with Crippen molar-refractivity contribution in [3.8, 4) is 0 Å². The van der Waals surface area contributed by atoms with Crippen molar-refractivity contribution in [2.24, 2.45) is 0 Å². The number of carbonyl (C=O) groups is 2. The number of hydrogen-bond donors (Lipinski definition) is 0. The molecule has 0 aromatic heterocycles. The summed E-state index contributed by atoms with van der Waals surface area (Å²) < 4.78 is 6.41. The zero-order valence-corrected chi connectivity index (χ0v) is 13.7. The lowest BCUT2D eigenvalue weighted by molar-refractivity contribution is -0.149. The summed E-state index contributed by atoms with van der Waals surface area (Å²) >= 11 is 6.84. The fourth-order valence-corrected chi connectivity index (χ4v) is 3.13. The van der Waals surface area contributed by atoms with Gasteiger partial charge >= 0.3 is 5.97 Å². The molecule has 1 saturated heterocycles. The second-order valence-electron chi connectivity index (χ2n) is 4.39. The molecule has 1 aromatic carbocycles. The Morgan fingerprint density at radius 1 is 1.32 bits per heavy atom. The van der Waals surface area contributed by atoms with Crippen molar-refractivity contribution in [2.75, 3.05) is 13.7 Å². The lowest BCUT2D eigenvalue weighted by atomic mass is 10.0. The van der Waals surface area contributed by atoms with Gasteiger partial charge in [-0.05, 0) is 31.0 Å². The van der Waals surface area contributed by atoms with E-state index in [1.807, 2.05) is 6.92 Å². The predicted octanol–water partition coefficient (Wildman–Crippen LogP) is 2.91. The van der Waals surface area contributed by atoms with Gasteiger partial charge in [0, 0.05) is 21.1 Å². The zero-order valence-electron chi connectivity index (χ0n) is 10.6. The summed E-state index contributed by atoms with van der Waals surface area (Å²) in [6.45, 7) is 2.53. The normalized spacial score (nSPS) is 17.9. The van der Waals surface area contributed by atoms with Crippen LogP contribution in [0.3, 0.4) is 0 Å². The Morgan fingerprint density at radius 3 is 2.32 bits per heavy atom. The highest BCUT2D eigenvalue weighted by Gasteiger charge is 2.38. The molecule has 1 heterocycles. The van der Waals surface area contributed by atoms with Crippen LogP contribution in [-0.2, 0) is 9.53 Å². The Kier molecular flexibility index (Phi) is 4.30. The first-order valence-corrected chi connectivity index (χ1v) is 7.38. The van der Waals surface area contributed by atoms with Crippen LogP contribution in [0.1, 0.15) is 22.3 Å². The quantitative estimate of drug-likeness (QED) is 0.729. The number of rotatable bonds is 2. The number of nitrogens with zero attached hydrogens (tertiary/aromatic N) is 1. The Labute approximate surface area is 128 Å². The molecule has 0 N–H and O–H groups in total. The molecule has 6 heteroatoms. The monoisotopic (exact) mass is 389 g/mol. The van der Waals surface area contributed by atoms with Crippen LogP contribution >= 0.6 is 31.9 Å². The van der Waals surface area contributed by atoms with Crippen LogP contribution in [0.5, 0.6) is 0 Å². The van der Waals surface area contributed by atoms with E-state index in [2.05, 4.69) is 36.6 Å². The topological polar surface area (TPSA) is 46.6 Å². The van der Waals surface area contributed by atoms with Gasteiger partial charge in [-0.15, -0.1) is 0 Å². The number of halogens is 2. The largest absolute Gasteiger partial charge is 0.467 e. The molecule has 0 aliphatic carbocycles. The van der Waals surface area contributed by atoms with E-state index in [0.29, 0.717) is 18.5 Å². The van der Waals surface area contributed by atoms with Gasteiger partial charge in [-0.1, -0.05) is 31.9 Å². The molecule has 1 aliphatic rings. The van der Waals surface area contributed by atoms with Gasteiger partial charge in [0.05, 0.1) is 7.11 Å². The zero-order chi connectivity index (χ0) is 14.2. The van der Waals surface area contributed by atoms with Gasteiger partial charge in [-0.2, -0.15) is 0 Å². The number of esters is 1. The maximum atomic E-state index is 12.3. The van der Waals surface area contributed by atoms with Gasteiger partial charge in [-0.3, -0.25) is 4.79 Å². The van der Waals surface area contributed by atoms with Crippen LogP contribution in [0.15, 0.2) is 21.1 Å². The molecule has 1 aromatic rings. The van der Waals surface area contributed by atoms with Crippen molar-refractivity contribution < 1.29 is 14.3 Å². The van der Waals surface area contributed by atoms with Crippen LogP contribution in [0.25, 0.3) is 0 Å².